The van der Waals surface area contributed by atoms with E-state index in [1.54, 1.807) is 12.1 Å². The number of fused-ring (bicyclic) bond motifs is 4. The van der Waals surface area contributed by atoms with Gasteiger partial charge < -0.3 is 10.6 Å². The highest BCUT2D eigenvalue weighted by molar-refractivity contribution is 8.00. The molecule has 0 unspecified atom stereocenters. The van der Waals surface area contributed by atoms with Crippen molar-refractivity contribution in [2.75, 3.05) is 10.6 Å². The number of carbonyl (C=O) groups excluding carboxylic acids is 4. The van der Waals surface area contributed by atoms with Crippen molar-refractivity contribution < 1.29 is 19.2 Å². The summed E-state index contributed by atoms with van der Waals surface area (Å²) in [6.07, 6.45) is 6.62. The quantitative estimate of drug-likeness (QED) is 0.0865. The molecule has 2 aliphatic rings. The van der Waals surface area contributed by atoms with Crippen LogP contribution in [-0.2, 0) is 12.8 Å². The van der Waals surface area contributed by atoms with Gasteiger partial charge in [0.1, 0.15) is 0 Å². The third-order valence-corrected chi connectivity index (χ3v) is 18.5. The molecule has 2 aliphatic carbocycles. The molecule has 0 saturated heterocycles. The van der Waals surface area contributed by atoms with Crippen molar-refractivity contribution >= 4 is 92.9 Å². The Morgan fingerprint density at radius 2 is 0.610 bits per heavy atom. The van der Waals surface area contributed by atoms with Crippen molar-refractivity contribution in [1.29, 1.82) is 0 Å². The van der Waals surface area contributed by atoms with Gasteiger partial charge >= 0.3 is 0 Å². The summed E-state index contributed by atoms with van der Waals surface area (Å²) in [5.41, 5.74) is 9.14. The maximum Gasteiger partial charge on any atom is 0.197 e. The third kappa shape index (κ3) is 12.5. The number of unbranched alkanes of at least 4 members (excludes halogenated alkanes) is 2. The second-order valence-corrected chi connectivity index (χ2v) is 24.4. The summed E-state index contributed by atoms with van der Waals surface area (Å²) < 4.78 is 0. The van der Waals surface area contributed by atoms with Gasteiger partial charge in [-0.1, -0.05) is 195 Å². The van der Waals surface area contributed by atoms with Crippen molar-refractivity contribution in [2.45, 2.75) is 91.5 Å². The third-order valence-electron chi connectivity index (χ3n) is 14.2. The first-order valence-corrected chi connectivity index (χ1v) is 30.9. The summed E-state index contributed by atoms with van der Waals surface area (Å²) in [5, 5.41) is 7.05. The Balaban J connectivity index is 0.000000198. The Morgan fingerprint density at radius 3 is 0.927 bits per heavy atom. The molecule has 0 fully saturated rings. The molecule has 0 radical (unpaired) electrons. The van der Waals surface area contributed by atoms with Crippen molar-refractivity contribution in [3.8, 4) is 0 Å². The molecule has 0 saturated carbocycles. The lowest BCUT2D eigenvalue weighted by molar-refractivity contribution is 0.0974. The SMILES string of the molecule is CCCCc1ccc(Nc2ccc(Nc3ccc(CCCC)cc3)c3c2C(=O)c2c(Sc4ccccc4)ccc(Sc4ccccc4)c2C3=O)cc1.O=C1c2cccc(Sc3ccccc3)c2C(=O)c2cccc(Sc3ccccc3)c21. The second-order valence-electron chi connectivity index (χ2n) is 19.9. The van der Waals surface area contributed by atoms with E-state index in [1.807, 2.05) is 170 Å². The molecule has 10 heteroatoms. The minimum absolute atomic E-state index is 0.0888. The topological polar surface area (TPSA) is 92.3 Å². The summed E-state index contributed by atoms with van der Waals surface area (Å²) in [7, 11) is 0. The highest BCUT2D eigenvalue weighted by Gasteiger charge is 2.39. The highest BCUT2D eigenvalue weighted by atomic mass is 32.2. The number of benzene rings is 10. The molecule has 6 nitrogen and oxygen atoms in total. The van der Waals surface area contributed by atoms with E-state index in [2.05, 4.69) is 73.0 Å². The molecule has 10 aromatic rings. The van der Waals surface area contributed by atoms with Gasteiger partial charge in [-0.05, 0) is 146 Å². The maximum atomic E-state index is 15.2. The Labute approximate surface area is 497 Å². The minimum Gasteiger partial charge on any atom is -0.355 e. The zero-order valence-corrected chi connectivity index (χ0v) is 48.7. The molecule has 10 aromatic carbocycles. The Kier molecular flexibility index (Phi) is 17.8. The molecule has 0 heterocycles. The molecule has 0 atom stereocenters. The second kappa shape index (κ2) is 26.2. The first-order chi connectivity index (χ1) is 40.2. The van der Waals surface area contributed by atoms with E-state index >= 15 is 9.59 Å². The van der Waals surface area contributed by atoms with Gasteiger partial charge in [0.25, 0.3) is 0 Å². The lowest BCUT2D eigenvalue weighted by Crippen LogP contribution is -2.25. The van der Waals surface area contributed by atoms with Gasteiger partial charge in [0.05, 0.1) is 22.5 Å². The van der Waals surface area contributed by atoms with Gasteiger partial charge in [0, 0.05) is 83.9 Å². The minimum atomic E-state index is -0.167. The number of nitrogens with one attached hydrogen (secondary N) is 2. The van der Waals surface area contributed by atoms with Crippen molar-refractivity contribution in [2.24, 2.45) is 0 Å². The fourth-order valence-electron chi connectivity index (χ4n) is 10.1. The molecular weight excluding hydrogens is 1090 g/mol. The summed E-state index contributed by atoms with van der Waals surface area (Å²) in [5.74, 6) is -0.512. The first kappa shape index (κ1) is 55.8. The van der Waals surface area contributed by atoms with E-state index in [4.69, 9.17) is 0 Å². The molecular formula is C72H58N2O4S4. The van der Waals surface area contributed by atoms with Crippen LogP contribution in [0.25, 0.3) is 0 Å². The maximum absolute atomic E-state index is 15.2. The molecule has 2 N–H and O–H groups in total. The number of hydrogen-bond donors (Lipinski definition) is 2. The van der Waals surface area contributed by atoms with E-state index in [1.165, 1.54) is 58.2 Å². The van der Waals surface area contributed by atoms with Crippen LogP contribution in [0.2, 0.25) is 0 Å². The Bertz CT molecular complexity index is 3690. The van der Waals surface area contributed by atoms with Gasteiger partial charge in [-0.25, -0.2) is 0 Å². The fourth-order valence-corrected chi connectivity index (χ4v) is 14.1. The molecule has 0 amide bonds. The van der Waals surface area contributed by atoms with Crippen LogP contribution in [0.15, 0.2) is 270 Å². The molecule has 0 spiro atoms. The van der Waals surface area contributed by atoms with Gasteiger partial charge in [0.2, 0.25) is 0 Å². The summed E-state index contributed by atoms with van der Waals surface area (Å²) in [6, 6.07) is 75.4. The van der Waals surface area contributed by atoms with E-state index in [0.29, 0.717) is 55.9 Å². The number of ketones is 4. The molecule has 0 aromatic heterocycles. The summed E-state index contributed by atoms with van der Waals surface area (Å²) in [4.78, 5) is 64.5. The molecule has 82 heavy (non-hydrogen) atoms. The first-order valence-electron chi connectivity index (χ1n) is 27.7. The molecule has 0 aliphatic heterocycles. The Morgan fingerprint density at radius 1 is 0.293 bits per heavy atom. The monoisotopic (exact) mass is 1140 g/mol. The zero-order valence-electron chi connectivity index (χ0n) is 45.4. The average Bonchev–Trinajstić information content (AvgIpc) is 3.26. The number of carbonyl (C=O) groups is 4. The van der Waals surface area contributed by atoms with Crippen LogP contribution < -0.4 is 10.6 Å². The molecule has 12 rings (SSSR count). The average molecular weight is 1140 g/mol. The normalized spacial score (nSPS) is 12.1. The van der Waals surface area contributed by atoms with Crippen LogP contribution in [0.5, 0.6) is 0 Å². The van der Waals surface area contributed by atoms with Crippen LogP contribution >= 0.6 is 47.0 Å². The lowest BCUT2D eigenvalue weighted by atomic mass is 9.82. The molecule has 404 valence electrons. The van der Waals surface area contributed by atoms with Gasteiger partial charge in [-0.3, -0.25) is 19.2 Å². The van der Waals surface area contributed by atoms with Crippen molar-refractivity contribution in [3.05, 3.63) is 286 Å². The van der Waals surface area contributed by atoms with Crippen LogP contribution in [0, 0.1) is 0 Å². The van der Waals surface area contributed by atoms with Gasteiger partial charge in [-0.2, -0.15) is 0 Å². The number of hydrogen-bond acceptors (Lipinski definition) is 10. The number of anilines is 4. The zero-order chi connectivity index (χ0) is 56.4. The predicted octanol–water partition coefficient (Wildman–Crippen LogP) is 19.7. The van der Waals surface area contributed by atoms with E-state index in [9.17, 15) is 9.59 Å². The number of aryl methyl sites for hydroxylation is 2. The predicted molar refractivity (Wildman–Crippen MR) is 338 cm³/mol. The smallest absolute Gasteiger partial charge is 0.197 e. The van der Waals surface area contributed by atoms with Crippen LogP contribution in [0.4, 0.5) is 22.7 Å². The number of rotatable bonds is 18. The van der Waals surface area contributed by atoms with E-state index in [-0.39, 0.29) is 23.1 Å². The van der Waals surface area contributed by atoms with E-state index in [0.717, 1.165) is 89.1 Å². The summed E-state index contributed by atoms with van der Waals surface area (Å²) >= 11 is 6.04. The Hall–Kier alpha value is -8.12. The van der Waals surface area contributed by atoms with Crippen LogP contribution in [0.3, 0.4) is 0 Å². The molecule has 0 bridgehead atoms. The van der Waals surface area contributed by atoms with E-state index < -0.39 is 0 Å². The largest absolute Gasteiger partial charge is 0.355 e. The van der Waals surface area contributed by atoms with Gasteiger partial charge in [-0.15, -0.1) is 0 Å². The fraction of sp³-hybridized carbons (Fsp3) is 0.111. The highest BCUT2D eigenvalue weighted by Crippen LogP contribution is 2.47. The van der Waals surface area contributed by atoms with Crippen LogP contribution in [-0.4, -0.2) is 23.1 Å². The lowest BCUT2D eigenvalue weighted by Gasteiger charge is -2.27. The summed E-state index contributed by atoms with van der Waals surface area (Å²) in [6.45, 7) is 4.40. The standard InChI is InChI=1S/C46H42N2O2S2.C26H16O2S2/c1-3-5-13-31-19-23-33(24-20-31)47-37-27-28-38(48-34-25-21-32(22-26-34)14-6-4-2)42-41(37)45(49)43-39(51-35-15-9-7-10-16-35)29-30-40(44(43)46(42)50)52-36-17-11-8-12-18-36;27-25-20-14-8-16-22(30-18-11-5-2-6-12-18)24(20)26(28)19-13-7-15-21(23(19)25)29-17-9-3-1-4-10-17/h7-12,15-30,47-48H,3-6,13-14H2,1-2H3;1-16H. The van der Waals surface area contributed by atoms with Crippen LogP contribution in [0.1, 0.15) is 114 Å². The van der Waals surface area contributed by atoms with Crippen molar-refractivity contribution in [1.82, 2.24) is 0 Å². The van der Waals surface area contributed by atoms with Gasteiger partial charge in [0.15, 0.2) is 23.1 Å². The van der Waals surface area contributed by atoms with Crippen molar-refractivity contribution in [3.63, 3.8) is 0 Å².